The Morgan fingerprint density at radius 2 is 1.95 bits per heavy atom. The summed E-state index contributed by atoms with van der Waals surface area (Å²) >= 11 is 1.62. The number of hydrogen-bond donors (Lipinski definition) is 0. The van der Waals surface area contributed by atoms with Crippen LogP contribution in [0.5, 0.6) is 0 Å². The van der Waals surface area contributed by atoms with E-state index < -0.39 is 27.9 Å². The number of benzene rings is 1. The summed E-state index contributed by atoms with van der Waals surface area (Å²) in [7, 11) is 3.23. The Labute approximate surface area is 121 Å². The van der Waals surface area contributed by atoms with Gasteiger partial charge < -0.3 is 4.90 Å². The largest absolute Gasteiger partial charge is 0.417 e. The number of halogens is 4. The van der Waals surface area contributed by atoms with Crippen LogP contribution in [0.1, 0.15) is 11.1 Å². The molecule has 1 rings (SSSR count). The highest BCUT2D eigenvalue weighted by molar-refractivity contribution is 14.1. The molecule has 104 valence electrons. The molecule has 1 aromatic carbocycles. The van der Waals surface area contributed by atoms with Gasteiger partial charge in [-0.3, -0.25) is 10.1 Å². The standard InChI is InChI=1S/C11H10F3IN2O2/c1-16(2)4-3-8-9(11(12,13)14)5-7(15)6-10(8)17(18)19/h3-6H,1-2H3/b4-3+. The van der Waals surface area contributed by atoms with Crippen LogP contribution in [0.3, 0.4) is 0 Å². The molecule has 0 spiro atoms. The second-order valence-electron chi connectivity index (χ2n) is 3.92. The summed E-state index contributed by atoms with van der Waals surface area (Å²) in [5.41, 5.74) is -2.01. The van der Waals surface area contributed by atoms with E-state index in [1.165, 1.54) is 11.1 Å². The van der Waals surface area contributed by atoms with Crippen LogP contribution in [0, 0.1) is 13.7 Å². The van der Waals surface area contributed by atoms with Crippen LogP contribution in [0.15, 0.2) is 18.3 Å². The minimum absolute atomic E-state index is 0.165. The van der Waals surface area contributed by atoms with Gasteiger partial charge in [0.2, 0.25) is 0 Å². The van der Waals surface area contributed by atoms with Crippen LogP contribution >= 0.6 is 22.6 Å². The maximum atomic E-state index is 12.9. The molecule has 0 atom stereocenters. The summed E-state index contributed by atoms with van der Waals surface area (Å²) in [6.07, 6.45) is -2.21. The van der Waals surface area contributed by atoms with Crippen molar-refractivity contribution >= 4 is 34.4 Å². The normalized spacial score (nSPS) is 11.9. The van der Waals surface area contributed by atoms with Crippen molar-refractivity contribution in [2.75, 3.05) is 14.1 Å². The quantitative estimate of drug-likeness (QED) is 0.452. The van der Waals surface area contributed by atoms with Gasteiger partial charge in [-0.2, -0.15) is 13.2 Å². The van der Waals surface area contributed by atoms with Gasteiger partial charge >= 0.3 is 6.18 Å². The van der Waals surface area contributed by atoms with E-state index in [9.17, 15) is 23.3 Å². The molecular weight excluding hydrogens is 376 g/mol. The predicted octanol–water partition coefficient (Wildman–Crippen LogP) is 3.75. The molecular formula is C11H10F3IN2O2. The van der Waals surface area contributed by atoms with E-state index >= 15 is 0 Å². The number of rotatable bonds is 3. The minimum atomic E-state index is -4.64. The molecule has 0 aliphatic rings. The molecule has 19 heavy (non-hydrogen) atoms. The molecule has 0 unspecified atom stereocenters. The summed E-state index contributed by atoms with van der Waals surface area (Å²) in [6, 6.07) is 2.01. The Kier molecular flexibility index (Phi) is 4.77. The summed E-state index contributed by atoms with van der Waals surface area (Å²) in [5.74, 6) is 0. The molecule has 0 aromatic heterocycles. The maximum Gasteiger partial charge on any atom is 0.417 e. The number of nitro groups is 1. The van der Waals surface area contributed by atoms with Crippen molar-refractivity contribution < 1.29 is 18.1 Å². The van der Waals surface area contributed by atoms with E-state index in [-0.39, 0.29) is 3.57 Å². The smallest absolute Gasteiger partial charge is 0.383 e. The highest BCUT2D eigenvalue weighted by Crippen LogP contribution is 2.38. The van der Waals surface area contributed by atoms with E-state index in [4.69, 9.17) is 0 Å². The van der Waals surface area contributed by atoms with Crippen molar-refractivity contribution in [3.8, 4) is 0 Å². The third kappa shape index (κ3) is 4.08. The highest BCUT2D eigenvalue weighted by atomic mass is 127. The number of alkyl halides is 3. The Bertz CT molecular complexity index is 527. The zero-order valence-electron chi connectivity index (χ0n) is 10.0. The fourth-order valence-electron chi connectivity index (χ4n) is 1.39. The molecule has 0 saturated carbocycles. The third-order valence-corrected chi connectivity index (χ3v) is 2.79. The van der Waals surface area contributed by atoms with Gasteiger partial charge in [0.15, 0.2) is 0 Å². The second kappa shape index (κ2) is 5.76. The fourth-order valence-corrected chi connectivity index (χ4v) is 1.99. The van der Waals surface area contributed by atoms with Crippen molar-refractivity contribution in [1.29, 1.82) is 0 Å². The number of nitro benzene ring substituents is 1. The average molecular weight is 386 g/mol. The summed E-state index contributed by atoms with van der Waals surface area (Å²) in [6.45, 7) is 0. The second-order valence-corrected chi connectivity index (χ2v) is 5.17. The molecule has 0 N–H and O–H groups in total. The lowest BCUT2D eigenvalue weighted by Crippen LogP contribution is -2.10. The van der Waals surface area contributed by atoms with Crippen molar-refractivity contribution in [2.24, 2.45) is 0 Å². The van der Waals surface area contributed by atoms with Crippen LogP contribution in [-0.2, 0) is 6.18 Å². The Morgan fingerprint density at radius 3 is 2.37 bits per heavy atom. The van der Waals surface area contributed by atoms with Gasteiger partial charge in [0.05, 0.1) is 16.1 Å². The Balaban J connectivity index is 3.57. The molecule has 1 aromatic rings. The van der Waals surface area contributed by atoms with Crippen molar-refractivity contribution in [2.45, 2.75) is 6.18 Å². The van der Waals surface area contributed by atoms with Gasteiger partial charge in [-0.1, -0.05) is 0 Å². The van der Waals surface area contributed by atoms with E-state index in [1.807, 2.05) is 0 Å². The van der Waals surface area contributed by atoms with Gasteiger partial charge in [-0.25, -0.2) is 0 Å². The Morgan fingerprint density at radius 1 is 1.37 bits per heavy atom. The monoisotopic (exact) mass is 386 g/mol. The zero-order valence-corrected chi connectivity index (χ0v) is 12.2. The molecule has 0 bridgehead atoms. The number of hydrogen-bond acceptors (Lipinski definition) is 3. The van der Waals surface area contributed by atoms with Crippen LogP contribution < -0.4 is 0 Å². The van der Waals surface area contributed by atoms with Crippen molar-refractivity contribution in [1.82, 2.24) is 4.90 Å². The molecule has 0 heterocycles. The average Bonchev–Trinajstić information content (AvgIpc) is 2.24. The molecule has 4 nitrogen and oxygen atoms in total. The van der Waals surface area contributed by atoms with Crippen molar-refractivity contribution in [3.63, 3.8) is 0 Å². The van der Waals surface area contributed by atoms with Gasteiger partial charge in [0, 0.05) is 23.7 Å². The van der Waals surface area contributed by atoms with Gasteiger partial charge in [0.1, 0.15) is 0 Å². The Hall–Kier alpha value is -1.32. The molecule has 0 amide bonds. The first kappa shape index (κ1) is 15.7. The lowest BCUT2D eigenvalue weighted by Gasteiger charge is -2.12. The van der Waals surface area contributed by atoms with E-state index in [2.05, 4.69) is 0 Å². The highest BCUT2D eigenvalue weighted by Gasteiger charge is 2.36. The van der Waals surface area contributed by atoms with Crippen LogP contribution in [0.25, 0.3) is 6.08 Å². The summed E-state index contributed by atoms with van der Waals surface area (Å²) < 4.78 is 38.9. The first-order chi connectivity index (χ1) is 8.62. The lowest BCUT2D eigenvalue weighted by molar-refractivity contribution is -0.385. The first-order valence-corrected chi connectivity index (χ1v) is 6.10. The SMILES string of the molecule is CN(C)/C=C/c1c([N+](=O)[O-])cc(I)cc1C(F)(F)F. The zero-order chi connectivity index (χ0) is 14.8. The third-order valence-electron chi connectivity index (χ3n) is 2.16. The lowest BCUT2D eigenvalue weighted by atomic mass is 10.0. The summed E-state index contributed by atoms with van der Waals surface area (Å²) in [5, 5.41) is 10.9. The molecule has 0 aliphatic heterocycles. The molecule has 0 saturated heterocycles. The van der Waals surface area contributed by atoms with Crippen LogP contribution in [0.2, 0.25) is 0 Å². The van der Waals surface area contributed by atoms with Gasteiger partial charge in [0.25, 0.3) is 5.69 Å². The van der Waals surface area contributed by atoms with E-state index in [0.29, 0.717) is 0 Å². The molecule has 0 radical (unpaired) electrons. The topological polar surface area (TPSA) is 46.4 Å². The number of nitrogens with zero attached hydrogens (tertiary/aromatic N) is 2. The van der Waals surface area contributed by atoms with Crippen LogP contribution in [-0.4, -0.2) is 23.9 Å². The molecule has 0 aliphatic carbocycles. The van der Waals surface area contributed by atoms with Crippen LogP contribution in [0.4, 0.5) is 18.9 Å². The molecule has 0 fully saturated rings. The van der Waals surface area contributed by atoms with Crippen molar-refractivity contribution in [3.05, 3.63) is 43.1 Å². The summed E-state index contributed by atoms with van der Waals surface area (Å²) in [4.78, 5) is 11.6. The first-order valence-electron chi connectivity index (χ1n) is 5.02. The molecule has 8 heteroatoms. The van der Waals surface area contributed by atoms with Gasteiger partial charge in [-0.15, -0.1) is 0 Å². The van der Waals surface area contributed by atoms with E-state index in [0.717, 1.165) is 18.2 Å². The maximum absolute atomic E-state index is 12.9. The fraction of sp³-hybridized carbons (Fsp3) is 0.273. The van der Waals surface area contributed by atoms with E-state index in [1.54, 1.807) is 36.7 Å². The minimum Gasteiger partial charge on any atom is -0.383 e. The predicted molar refractivity (Wildman–Crippen MR) is 73.5 cm³/mol. The van der Waals surface area contributed by atoms with Gasteiger partial charge in [-0.05, 0) is 40.9 Å².